The van der Waals surface area contributed by atoms with Gasteiger partial charge in [-0.05, 0) is 25.0 Å². The first-order chi connectivity index (χ1) is 9.09. The lowest BCUT2D eigenvalue weighted by molar-refractivity contribution is -0.153. The summed E-state index contributed by atoms with van der Waals surface area (Å²) in [5.74, 6) is -0.651. The van der Waals surface area contributed by atoms with Crippen molar-refractivity contribution in [3.05, 3.63) is 29.8 Å². The summed E-state index contributed by atoms with van der Waals surface area (Å²) in [7, 11) is 1.50. The van der Waals surface area contributed by atoms with E-state index in [1.54, 1.807) is 24.3 Å². The van der Waals surface area contributed by atoms with Crippen molar-refractivity contribution in [3.8, 4) is 5.75 Å². The number of amides is 1. The van der Waals surface area contributed by atoms with Crippen LogP contribution in [0.5, 0.6) is 5.75 Å². The maximum Gasteiger partial charge on any atom is 0.311 e. The van der Waals surface area contributed by atoms with E-state index in [1.807, 2.05) is 0 Å². The number of carbonyl (C=O) groups excluding carboxylic acids is 1. The van der Waals surface area contributed by atoms with Crippen molar-refractivity contribution in [2.75, 3.05) is 13.7 Å². The minimum absolute atomic E-state index is 0.166. The third-order valence-electron chi connectivity index (χ3n) is 3.70. The Labute approximate surface area is 111 Å². The number of methoxy groups -OCH3 is 1. The first-order valence-corrected chi connectivity index (χ1v) is 6.24. The maximum absolute atomic E-state index is 12.0. The van der Waals surface area contributed by atoms with Crippen molar-refractivity contribution in [1.29, 1.82) is 0 Å². The molecular formula is C14H17NO4. The third-order valence-corrected chi connectivity index (χ3v) is 3.70. The molecule has 1 aliphatic rings. The molecule has 0 atom stereocenters. The van der Waals surface area contributed by atoms with Crippen LogP contribution in [0.15, 0.2) is 24.3 Å². The van der Waals surface area contributed by atoms with Gasteiger partial charge in [0.2, 0.25) is 0 Å². The van der Waals surface area contributed by atoms with E-state index in [-0.39, 0.29) is 12.5 Å². The summed E-state index contributed by atoms with van der Waals surface area (Å²) in [5.41, 5.74) is -0.359. The van der Waals surface area contributed by atoms with Gasteiger partial charge in [0.25, 0.3) is 5.91 Å². The molecule has 5 heteroatoms. The number of carboxylic acids is 1. The minimum atomic E-state index is -0.834. The Morgan fingerprint density at radius 2 is 2.05 bits per heavy atom. The zero-order valence-corrected chi connectivity index (χ0v) is 10.8. The quantitative estimate of drug-likeness (QED) is 0.847. The zero-order chi connectivity index (χ0) is 13.9. The van der Waals surface area contributed by atoms with Crippen LogP contribution in [0.3, 0.4) is 0 Å². The number of hydrogen-bond donors (Lipinski definition) is 2. The van der Waals surface area contributed by atoms with Crippen LogP contribution in [0, 0.1) is 5.41 Å². The number of aliphatic carboxylic acids is 1. The van der Waals surface area contributed by atoms with Crippen molar-refractivity contribution < 1.29 is 19.4 Å². The van der Waals surface area contributed by atoms with Crippen LogP contribution in [-0.4, -0.2) is 30.6 Å². The molecule has 0 aliphatic heterocycles. The zero-order valence-electron chi connectivity index (χ0n) is 10.8. The highest BCUT2D eigenvalue weighted by molar-refractivity contribution is 5.97. The van der Waals surface area contributed by atoms with Gasteiger partial charge >= 0.3 is 5.97 Å². The third kappa shape index (κ3) is 2.54. The fourth-order valence-electron chi connectivity index (χ4n) is 2.25. The van der Waals surface area contributed by atoms with Gasteiger partial charge in [0.15, 0.2) is 0 Å². The summed E-state index contributed by atoms with van der Waals surface area (Å²) in [4.78, 5) is 23.2. The minimum Gasteiger partial charge on any atom is -0.496 e. The smallest absolute Gasteiger partial charge is 0.311 e. The molecule has 0 spiro atoms. The summed E-state index contributed by atoms with van der Waals surface area (Å²) in [5, 5.41) is 11.9. The second kappa shape index (κ2) is 5.30. The van der Waals surface area contributed by atoms with E-state index < -0.39 is 11.4 Å². The van der Waals surface area contributed by atoms with Gasteiger partial charge in [-0.1, -0.05) is 18.6 Å². The normalized spacial score (nSPS) is 16.3. The highest BCUT2D eigenvalue weighted by Crippen LogP contribution is 2.40. The van der Waals surface area contributed by atoms with Crippen LogP contribution in [-0.2, 0) is 4.79 Å². The molecule has 0 unspecified atom stereocenters. The van der Waals surface area contributed by atoms with Gasteiger partial charge in [0.1, 0.15) is 5.75 Å². The molecule has 1 fully saturated rings. The molecule has 102 valence electrons. The fraction of sp³-hybridized carbons (Fsp3) is 0.429. The molecule has 1 saturated carbocycles. The number of nitrogens with one attached hydrogen (secondary N) is 1. The Morgan fingerprint density at radius 3 is 2.58 bits per heavy atom. The van der Waals surface area contributed by atoms with Gasteiger partial charge < -0.3 is 15.2 Å². The van der Waals surface area contributed by atoms with E-state index in [2.05, 4.69) is 5.32 Å². The van der Waals surface area contributed by atoms with Gasteiger partial charge in [0.05, 0.1) is 18.1 Å². The predicted octanol–water partition coefficient (Wildman–Crippen LogP) is 1.68. The Balaban J connectivity index is 2.03. The highest BCUT2D eigenvalue weighted by atomic mass is 16.5. The summed E-state index contributed by atoms with van der Waals surface area (Å²) >= 11 is 0. The van der Waals surface area contributed by atoms with E-state index in [9.17, 15) is 14.7 Å². The average Bonchev–Trinajstić information content (AvgIpc) is 2.36. The molecule has 5 nitrogen and oxygen atoms in total. The van der Waals surface area contributed by atoms with Crippen LogP contribution in [0.2, 0.25) is 0 Å². The van der Waals surface area contributed by atoms with Crippen molar-refractivity contribution in [2.45, 2.75) is 19.3 Å². The molecule has 0 radical (unpaired) electrons. The molecule has 1 amide bonds. The summed E-state index contributed by atoms with van der Waals surface area (Å²) in [6.07, 6.45) is 2.14. The summed E-state index contributed by atoms with van der Waals surface area (Å²) < 4.78 is 5.11. The van der Waals surface area contributed by atoms with Crippen LogP contribution >= 0.6 is 0 Å². The molecule has 19 heavy (non-hydrogen) atoms. The Kier molecular flexibility index (Phi) is 3.74. The average molecular weight is 263 g/mol. The summed E-state index contributed by atoms with van der Waals surface area (Å²) in [6, 6.07) is 6.88. The van der Waals surface area contributed by atoms with Crippen molar-refractivity contribution in [3.63, 3.8) is 0 Å². The molecule has 2 rings (SSSR count). The molecule has 0 saturated heterocycles. The van der Waals surface area contributed by atoms with Gasteiger partial charge in [-0.25, -0.2) is 0 Å². The molecule has 0 heterocycles. The van der Waals surface area contributed by atoms with Crippen LogP contribution < -0.4 is 10.1 Å². The lowest BCUT2D eigenvalue weighted by Crippen LogP contribution is -2.47. The molecule has 0 bridgehead atoms. The molecule has 1 aliphatic carbocycles. The highest BCUT2D eigenvalue weighted by Gasteiger charge is 2.44. The standard InChI is InChI=1S/C14H17NO4/c1-19-11-6-3-2-5-10(11)12(16)15-9-14(13(17)18)7-4-8-14/h2-3,5-6H,4,7-9H2,1H3,(H,15,16)(H,17,18). The van der Waals surface area contributed by atoms with E-state index in [0.717, 1.165) is 6.42 Å². The summed E-state index contributed by atoms with van der Waals surface area (Å²) in [6.45, 7) is 0.166. The van der Waals surface area contributed by atoms with E-state index >= 15 is 0 Å². The molecule has 1 aromatic rings. The molecule has 2 N–H and O–H groups in total. The number of ether oxygens (including phenoxy) is 1. The monoisotopic (exact) mass is 263 g/mol. The van der Waals surface area contributed by atoms with E-state index in [4.69, 9.17) is 4.74 Å². The number of carboxylic acid groups (broad SMARTS) is 1. The van der Waals surface area contributed by atoms with Gasteiger partial charge in [-0.15, -0.1) is 0 Å². The maximum atomic E-state index is 12.0. The lowest BCUT2D eigenvalue weighted by Gasteiger charge is -2.37. The van der Waals surface area contributed by atoms with Gasteiger partial charge in [-0.3, -0.25) is 9.59 Å². The number of carbonyl (C=O) groups is 2. The van der Waals surface area contributed by atoms with Gasteiger partial charge in [-0.2, -0.15) is 0 Å². The second-order valence-corrected chi connectivity index (χ2v) is 4.82. The number of para-hydroxylation sites is 1. The number of benzene rings is 1. The predicted molar refractivity (Wildman–Crippen MR) is 69.2 cm³/mol. The van der Waals surface area contributed by atoms with Crippen LogP contribution in [0.1, 0.15) is 29.6 Å². The topological polar surface area (TPSA) is 75.6 Å². The number of rotatable bonds is 5. The number of hydrogen-bond acceptors (Lipinski definition) is 3. The molecular weight excluding hydrogens is 246 g/mol. The fourth-order valence-corrected chi connectivity index (χ4v) is 2.25. The lowest BCUT2D eigenvalue weighted by atomic mass is 9.69. The Hall–Kier alpha value is -2.04. The van der Waals surface area contributed by atoms with Gasteiger partial charge in [0, 0.05) is 6.54 Å². The molecule has 0 aromatic heterocycles. The van der Waals surface area contributed by atoms with Crippen molar-refractivity contribution in [1.82, 2.24) is 5.32 Å². The van der Waals surface area contributed by atoms with Crippen LogP contribution in [0.25, 0.3) is 0 Å². The first-order valence-electron chi connectivity index (χ1n) is 6.24. The Bertz CT molecular complexity index is 494. The SMILES string of the molecule is COc1ccccc1C(=O)NCC1(C(=O)O)CCC1. The first kappa shape index (κ1) is 13.4. The second-order valence-electron chi connectivity index (χ2n) is 4.82. The van der Waals surface area contributed by atoms with Crippen molar-refractivity contribution >= 4 is 11.9 Å². The van der Waals surface area contributed by atoms with E-state index in [0.29, 0.717) is 24.2 Å². The molecule has 1 aromatic carbocycles. The van der Waals surface area contributed by atoms with E-state index in [1.165, 1.54) is 7.11 Å². The van der Waals surface area contributed by atoms with Crippen molar-refractivity contribution in [2.24, 2.45) is 5.41 Å². The van der Waals surface area contributed by atoms with Crippen LogP contribution in [0.4, 0.5) is 0 Å². The Morgan fingerprint density at radius 1 is 1.37 bits per heavy atom. The largest absolute Gasteiger partial charge is 0.496 e.